The number of esters is 1. The van der Waals surface area contributed by atoms with Crippen molar-refractivity contribution in [3.8, 4) is 0 Å². The maximum absolute atomic E-state index is 11.6. The van der Waals surface area contributed by atoms with E-state index in [0.717, 1.165) is 18.6 Å². The third kappa shape index (κ3) is 20.3. The second-order valence-corrected chi connectivity index (χ2v) is 9.79. The second-order valence-electron chi connectivity index (χ2n) is 7.39. The number of carbonyl (C=O) groups is 2. The Morgan fingerprint density at radius 3 is 2.29 bits per heavy atom. The maximum atomic E-state index is 11.6. The number of hydrogen-bond acceptors (Lipinski definition) is 6. The molecule has 0 fully saturated rings. The first kappa shape index (κ1) is 27.6. The van der Waals surface area contributed by atoms with E-state index in [1.54, 1.807) is 30.9 Å². The van der Waals surface area contributed by atoms with Gasteiger partial charge in [0, 0.05) is 24.5 Å². The van der Waals surface area contributed by atoms with Crippen molar-refractivity contribution >= 4 is 36.3 Å². The van der Waals surface area contributed by atoms with Crippen LogP contribution in [0.25, 0.3) is 0 Å². The van der Waals surface area contributed by atoms with Crippen molar-refractivity contribution in [2.24, 2.45) is 0 Å². The zero-order valence-corrected chi connectivity index (χ0v) is 19.9. The van der Waals surface area contributed by atoms with Gasteiger partial charge in [-0.15, -0.1) is 0 Å². The minimum Gasteiger partial charge on any atom is -0.464 e. The number of likely N-dealkylation sites (N-methyl/N-ethyl adjacent to an activating group) is 1. The molecule has 1 atom stereocenters. The lowest BCUT2D eigenvalue weighted by Gasteiger charge is -2.12. The van der Waals surface area contributed by atoms with Crippen LogP contribution in [0.4, 0.5) is 0 Å². The fraction of sp³-hybridized carbons (Fsp3) is 0.905. The van der Waals surface area contributed by atoms with Crippen LogP contribution in [0.2, 0.25) is 0 Å². The van der Waals surface area contributed by atoms with E-state index in [9.17, 15) is 9.59 Å². The molecule has 0 aliphatic heterocycles. The zero-order chi connectivity index (χ0) is 20.9. The first-order valence-corrected chi connectivity index (χ1v) is 12.8. The number of hydrogen-bond donors (Lipinski definition) is 1. The lowest BCUT2D eigenvalue weighted by Crippen LogP contribution is -2.23. The topological polar surface area (TPSA) is 58.6 Å². The summed E-state index contributed by atoms with van der Waals surface area (Å²) in [7, 11) is 1.67. The van der Waals surface area contributed by atoms with Crippen LogP contribution >= 0.6 is 23.9 Å². The van der Waals surface area contributed by atoms with Gasteiger partial charge in [0.15, 0.2) is 0 Å². The molecular weight excluding hydrogens is 392 g/mol. The smallest absolute Gasteiger partial charge is 0.305 e. The summed E-state index contributed by atoms with van der Waals surface area (Å²) >= 11 is 3.45. The Morgan fingerprint density at radius 2 is 1.68 bits per heavy atom. The van der Waals surface area contributed by atoms with E-state index in [1.165, 1.54) is 69.1 Å². The van der Waals surface area contributed by atoms with Gasteiger partial charge in [0.1, 0.15) is 6.61 Å². The second kappa shape index (κ2) is 21.3. The molecule has 0 aliphatic rings. The zero-order valence-electron chi connectivity index (χ0n) is 18.2. The summed E-state index contributed by atoms with van der Waals surface area (Å²) in [4.78, 5) is 23.5. The standard InChI is InChI=1S/C21H42N2O3S2/c1-4-5-6-7-8-9-10-11-12-13-18-27-22-28-20(2)14-15-21(25)26-17-16-23(3)19-24/h19-20,22H,4-18H2,1-3H3. The van der Waals surface area contributed by atoms with E-state index in [-0.39, 0.29) is 12.6 Å². The summed E-state index contributed by atoms with van der Waals surface area (Å²) in [5.41, 5.74) is 0. The highest BCUT2D eigenvalue weighted by Crippen LogP contribution is 2.17. The molecule has 0 aromatic carbocycles. The fourth-order valence-electron chi connectivity index (χ4n) is 2.63. The SMILES string of the molecule is CCCCCCCCCCCCSNSC(C)CCC(=O)OCCN(C)C=O. The van der Waals surface area contributed by atoms with E-state index in [4.69, 9.17) is 4.74 Å². The summed E-state index contributed by atoms with van der Waals surface area (Å²) in [6, 6.07) is 0. The summed E-state index contributed by atoms with van der Waals surface area (Å²) in [5.74, 6) is 0.951. The molecule has 0 aromatic rings. The minimum atomic E-state index is -0.190. The highest BCUT2D eigenvalue weighted by atomic mass is 32.2. The average Bonchev–Trinajstić information content (AvgIpc) is 2.69. The third-order valence-electron chi connectivity index (χ3n) is 4.55. The Hall–Kier alpha value is -0.400. The molecule has 0 aromatic heterocycles. The average molecular weight is 435 g/mol. The van der Waals surface area contributed by atoms with Gasteiger partial charge in [-0.3, -0.25) is 9.59 Å². The molecule has 5 nitrogen and oxygen atoms in total. The van der Waals surface area contributed by atoms with E-state index in [1.807, 2.05) is 0 Å². The first-order valence-electron chi connectivity index (χ1n) is 10.9. The van der Waals surface area contributed by atoms with Crippen LogP contribution < -0.4 is 4.13 Å². The van der Waals surface area contributed by atoms with Crippen LogP contribution in [0.1, 0.15) is 90.9 Å². The Balaban J connectivity index is 3.31. The number of nitrogens with zero attached hydrogens (tertiary/aromatic N) is 1. The van der Waals surface area contributed by atoms with Gasteiger partial charge in [-0.05, 0) is 12.8 Å². The summed E-state index contributed by atoms with van der Waals surface area (Å²) in [6.07, 6.45) is 15.6. The Labute approximate surface area is 181 Å². The molecule has 1 amide bonds. The summed E-state index contributed by atoms with van der Waals surface area (Å²) < 4.78 is 8.45. The molecule has 0 bridgehead atoms. The summed E-state index contributed by atoms with van der Waals surface area (Å²) in [6.45, 7) is 5.09. The molecule has 0 rings (SSSR count). The molecule has 0 aliphatic carbocycles. The van der Waals surface area contributed by atoms with Crippen molar-refractivity contribution in [2.75, 3.05) is 26.0 Å². The number of carbonyl (C=O) groups excluding carboxylic acids is 2. The van der Waals surface area contributed by atoms with Crippen molar-refractivity contribution in [2.45, 2.75) is 96.1 Å². The van der Waals surface area contributed by atoms with Crippen LogP contribution in [0.3, 0.4) is 0 Å². The van der Waals surface area contributed by atoms with Crippen LogP contribution in [-0.4, -0.2) is 48.5 Å². The quantitative estimate of drug-likeness (QED) is 0.110. The highest BCUT2D eigenvalue weighted by molar-refractivity contribution is 8.12. The third-order valence-corrected chi connectivity index (χ3v) is 6.54. The molecule has 0 saturated heterocycles. The van der Waals surface area contributed by atoms with E-state index in [2.05, 4.69) is 18.0 Å². The van der Waals surface area contributed by atoms with Gasteiger partial charge in [-0.1, -0.05) is 95.5 Å². The summed E-state index contributed by atoms with van der Waals surface area (Å²) in [5, 5.41) is 0.366. The van der Waals surface area contributed by atoms with Gasteiger partial charge in [0.25, 0.3) is 0 Å². The van der Waals surface area contributed by atoms with Crippen LogP contribution in [0, 0.1) is 0 Å². The first-order chi connectivity index (χ1) is 13.6. The molecule has 0 saturated carbocycles. The Morgan fingerprint density at radius 1 is 1.07 bits per heavy atom. The van der Waals surface area contributed by atoms with Crippen molar-refractivity contribution in [1.29, 1.82) is 0 Å². The number of unbranched alkanes of at least 4 members (excludes halogenated alkanes) is 9. The molecule has 166 valence electrons. The van der Waals surface area contributed by atoms with Gasteiger partial charge in [0.2, 0.25) is 6.41 Å². The number of nitrogens with one attached hydrogen (secondary N) is 1. The molecule has 7 heteroatoms. The van der Waals surface area contributed by atoms with Crippen molar-refractivity contribution < 1.29 is 14.3 Å². The minimum absolute atomic E-state index is 0.190. The van der Waals surface area contributed by atoms with Gasteiger partial charge >= 0.3 is 5.97 Å². The molecule has 0 heterocycles. The lowest BCUT2D eigenvalue weighted by molar-refractivity contribution is -0.144. The number of ether oxygens (including phenoxy) is 1. The normalized spacial score (nSPS) is 12.0. The van der Waals surface area contributed by atoms with E-state index >= 15 is 0 Å². The molecular formula is C21H42N2O3S2. The predicted octanol–water partition coefficient (Wildman–Crippen LogP) is 5.59. The van der Waals surface area contributed by atoms with E-state index < -0.39 is 0 Å². The maximum Gasteiger partial charge on any atom is 0.305 e. The van der Waals surface area contributed by atoms with Gasteiger partial charge in [-0.25, -0.2) is 4.13 Å². The van der Waals surface area contributed by atoms with Gasteiger partial charge < -0.3 is 9.64 Å². The predicted molar refractivity (Wildman–Crippen MR) is 123 cm³/mol. The van der Waals surface area contributed by atoms with Gasteiger partial charge in [0.05, 0.1) is 6.54 Å². The molecule has 1 unspecified atom stereocenters. The number of amides is 1. The number of rotatable bonds is 21. The van der Waals surface area contributed by atoms with E-state index in [0.29, 0.717) is 18.2 Å². The van der Waals surface area contributed by atoms with Crippen LogP contribution in [0.5, 0.6) is 0 Å². The van der Waals surface area contributed by atoms with Crippen molar-refractivity contribution in [3.05, 3.63) is 0 Å². The van der Waals surface area contributed by atoms with Gasteiger partial charge in [-0.2, -0.15) is 0 Å². The lowest BCUT2D eigenvalue weighted by atomic mass is 10.1. The van der Waals surface area contributed by atoms with Crippen LogP contribution in [-0.2, 0) is 14.3 Å². The van der Waals surface area contributed by atoms with Crippen molar-refractivity contribution in [3.63, 3.8) is 0 Å². The molecule has 28 heavy (non-hydrogen) atoms. The van der Waals surface area contributed by atoms with Crippen LogP contribution in [0.15, 0.2) is 0 Å². The monoisotopic (exact) mass is 434 g/mol. The Kier molecular flexibility index (Phi) is 21.0. The van der Waals surface area contributed by atoms with Crippen molar-refractivity contribution in [1.82, 2.24) is 9.03 Å². The molecule has 1 N–H and O–H groups in total. The molecule has 0 radical (unpaired) electrons. The largest absolute Gasteiger partial charge is 0.464 e. The fourth-order valence-corrected chi connectivity index (χ4v) is 4.47. The highest BCUT2D eigenvalue weighted by Gasteiger charge is 2.08. The Bertz CT molecular complexity index is 374. The molecule has 0 spiro atoms.